The molecule has 2 aromatic rings. The summed E-state index contributed by atoms with van der Waals surface area (Å²) < 4.78 is 26.3. The van der Waals surface area contributed by atoms with Crippen molar-refractivity contribution >= 4 is 21.4 Å². The predicted octanol–water partition coefficient (Wildman–Crippen LogP) is 1.80. The van der Waals surface area contributed by atoms with E-state index < -0.39 is 10.0 Å². The highest BCUT2D eigenvalue weighted by atomic mass is 32.2. The minimum atomic E-state index is -3.60. The molecule has 1 heterocycles. The number of aryl methyl sites for hydroxylation is 1. The van der Waals surface area contributed by atoms with Crippen LogP contribution in [-0.2, 0) is 10.0 Å². The Morgan fingerprint density at radius 1 is 1.26 bits per heavy atom. The molecule has 0 spiro atoms. The maximum Gasteiger partial charge on any atom is 0.264 e. The molecule has 0 radical (unpaired) electrons. The minimum absolute atomic E-state index is 0.244. The summed E-state index contributed by atoms with van der Waals surface area (Å²) in [4.78, 5) is 4.17. The van der Waals surface area contributed by atoms with Gasteiger partial charge in [0.2, 0.25) is 0 Å². The number of rotatable bonds is 3. The van der Waals surface area contributed by atoms with Gasteiger partial charge in [0.15, 0.2) is 0 Å². The Balaban J connectivity index is 2.48. The molecule has 2 N–H and O–H groups in total. The molecule has 2 rings (SSSR count). The van der Waals surface area contributed by atoms with E-state index in [4.69, 9.17) is 5.73 Å². The third-order valence-corrected chi connectivity index (χ3v) is 4.79. The first-order valence-electron chi connectivity index (χ1n) is 5.68. The van der Waals surface area contributed by atoms with Crippen LogP contribution in [0, 0.1) is 6.92 Å². The molecule has 1 aromatic heterocycles. The van der Waals surface area contributed by atoms with E-state index in [1.807, 2.05) is 0 Å². The summed E-state index contributed by atoms with van der Waals surface area (Å²) in [5.41, 5.74) is 7.32. The van der Waals surface area contributed by atoms with Crippen molar-refractivity contribution < 1.29 is 8.42 Å². The van der Waals surface area contributed by atoms with Crippen LogP contribution in [0.25, 0.3) is 0 Å². The monoisotopic (exact) mass is 277 g/mol. The quantitative estimate of drug-likeness (QED) is 0.868. The lowest BCUT2D eigenvalue weighted by molar-refractivity contribution is 0.593. The first kappa shape index (κ1) is 13.4. The van der Waals surface area contributed by atoms with Crippen molar-refractivity contribution in [3.05, 3.63) is 48.3 Å². The van der Waals surface area contributed by atoms with Crippen molar-refractivity contribution in [3.8, 4) is 0 Å². The number of sulfonamides is 1. The number of anilines is 2. The Bertz CT molecular complexity index is 684. The van der Waals surface area contributed by atoms with E-state index in [9.17, 15) is 8.42 Å². The summed E-state index contributed by atoms with van der Waals surface area (Å²) in [5, 5.41) is 0. The molecular formula is C13H15N3O2S. The van der Waals surface area contributed by atoms with Crippen LogP contribution in [-0.4, -0.2) is 20.4 Å². The zero-order valence-electron chi connectivity index (χ0n) is 10.7. The van der Waals surface area contributed by atoms with Crippen LogP contribution < -0.4 is 10.0 Å². The van der Waals surface area contributed by atoms with Crippen molar-refractivity contribution in [2.75, 3.05) is 17.1 Å². The topological polar surface area (TPSA) is 76.3 Å². The summed E-state index contributed by atoms with van der Waals surface area (Å²) in [5.74, 6) is 0. The van der Waals surface area contributed by atoms with Crippen LogP contribution in [0.1, 0.15) is 5.56 Å². The first-order valence-corrected chi connectivity index (χ1v) is 7.12. The van der Waals surface area contributed by atoms with Gasteiger partial charge in [-0.15, -0.1) is 0 Å². The van der Waals surface area contributed by atoms with E-state index in [1.165, 1.54) is 23.6 Å². The van der Waals surface area contributed by atoms with Crippen molar-refractivity contribution in [1.82, 2.24) is 4.98 Å². The molecular weight excluding hydrogens is 262 g/mol. The Labute approximate surface area is 112 Å². The second kappa shape index (κ2) is 4.89. The summed E-state index contributed by atoms with van der Waals surface area (Å²) in [6.45, 7) is 1.72. The van der Waals surface area contributed by atoms with E-state index in [-0.39, 0.29) is 4.90 Å². The molecule has 0 saturated carbocycles. The van der Waals surface area contributed by atoms with Crippen LogP contribution in [0.15, 0.2) is 47.6 Å². The van der Waals surface area contributed by atoms with Gasteiger partial charge in [-0.25, -0.2) is 8.42 Å². The molecule has 0 saturated heterocycles. The standard InChI is InChI=1S/C13H15N3O2S/c1-10-8-11(14)5-6-13(10)19(17,18)16(2)12-4-3-7-15-9-12/h3-9H,14H2,1-2H3. The van der Waals surface area contributed by atoms with Crippen LogP contribution in [0.4, 0.5) is 11.4 Å². The number of nitrogen functional groups attached to an aromatic ring is 1. The number of nitrogens with two attached hydrogens (primary N) is 1. The van der Waals surface area contributed by atoms with Gasteiger partial charge in [-0.3, -0.25) is 9.29 Å². The molecule has 1 aromatic carbocycles. The second-order valence-electron chi connectivity index (χ2n) is 4.21. The Kier molecular flexibility index (Phi) is 3.44. The van der Waals surface area contributed by atoms with Gasteiger partial charge in [0.1, 0.15) is 0 Å². The number of aromatic nitrogens is 1. The molecule has 0 aliphatic heterocycles. The van der Waals surface area contributed by atoms with Crippen LogP contribution in [0.5, 0.6) is 0 Å². The van der Waals surface area contributed by atoms with Crippen molar-refractivity contribution in [2.45, 2.75) is 11.8 Å². The molecule has 5 nitrogen and oxygen atoms in total. The highest BCUT2D eigenvalue weighted by Gasteiger charge is 2.23. The van der Waals surface area contributed by atoms with Crippen molar-refractivity contribution in [1.29, 1.82) is 0 Å². The molecule has 0 amide bonds. The number of hydrogen-bond acceptors (Lipinski definition) is 4. The number of nitrogens with zero attached hydrogens (tertiary/aromatic N) is 2. The molecule has 100 valence electrons. The van der Waals surface area contributed by atoms with Gasteiger partial charge >= 0.3 is 0 Å². The molecule has 0 aliphatic rings. The smallest absolute Gasteiger partial charge is 0.264 e. The van der Waals surface area contributed by atoms with Crippen molar-refractivity contribution in [2.24, 2.45) is 0 Å². The lowest BCUT2D eigenvalue weighted by atomic mass is 10.2. The average Bonchev–Trinajstić information content (AvgIpc) is 2.38. The van der Waals surface area contributed by atoms with Gasteiger partial charge in [0, 0.05) is 18.9 Å². The zero-order valence-corrected chi connectivity index (χ0v) is 11.6. The van der Waals surface area contributed by atoms with Crippen LogP contribution in [0.2, 0.25) is 0 Å². The molecule has 6 heteroatoms. The molecule has 0 fully saturated rings. The highest BCUT2D eigenvalue weighted by molar-refractivity contribution is 7.92. The summed E-state index contributed by atoms with van der Waals surface area (Å²) >= 11 is 0. The van der Waals surface area contributed by atoms with Gasteiger partial charge in [-0.2, -0.15) is 0 Å². The Morgan fingerprint density at radius 3 is 2.58 bits per heavy atom. The molecule has 0 atom stereocenters. The highest BCUT2D eigenvalue weighted by Crippen LogP contribution is 2.24. The van der Waals surface area contributed by atoms with Gasteiger partial charge in [-0.1, -0.05) is 0 Å². The lowest BCUT2D eigenvalue weighted by Gasteiger charge is -2.20. The van der Waals surface area contributed by atoms with Gasteiger partial charge < -0.3 is 5.73 Å². The second-order valence-corrected chi connectivity index (χ2v) is 6.15. The first-order chi connectivity index (χ1) is 8.93. The van der Waals surface area contributed by atoms with E-state index in [2.05, 4.69) is 4.98 Å². The normalized spacial score (nSPS) is 11.3. The third kappa shape index (κ3) is 2.53. The molecule has 0 unspecified atom stereocenters. The van der Waals surface area contributed by atoms with Crippen LogP contribution >= 0.6 is 0 Å². The van der Waals surface area contributed by atoms with E-state index in [0.717, 1.165) is 0 Å². The van der Waals surface area contributed by atoms with E-state index in [1.54, 1.807) is 37.4 Å². The number of pyridine rings is 1. The van der Waals surface area contributed by atoms with Gasteiger partial charge in [0.05, 0.1) is 16.8 Å². The number of benzene rings is 1. The third-order valence-electron chi connectivity index (χ3n) is 2.85. The Hall–Kier alpha value is -2.08. The maximum absolute atomic E-state index is 12.5. The molecule has 0 aliphatic carbocycles. The average molecular weight is 277 g/mol. The predicted molar refractivity (Wildman–Crippen MR) is 75.4 cm³/mol. The fourth-order valence-electron chi connectivity index (χ4n) is 1.79. The van der Waals surface area contributed by atoms with E-state index in [0.29, 0.717) is 16.9 Å². The fourth-order valence-corrected chi connectivity index (χ4v) is 3.17. The van der Waals surface area contributed by atoms with Gasteiger partial charge in [-0.05, 0) is 42.8 Å². The fraction of sp³-hybridized carbons (Fsp3) is 0.154. The van der Waals surface area contributed by atoms with Gasteiger partial charge in [0.25, 0.3) is 10.0 Å². The maximum atomic E-state index is 12.5. The number of hydrogen-bond donors (Lipinski definition) is 1. The van der Waals surface area contributed by atoms with Crippen LogP contribution in [0.3, 0.4) is 0 Å². The zero-order chi connectivity index (χ0) is 14.0. The van der Waals surface area contributed by atoms with E-state index >= 15 is 0 Å². The Morgan fingerprint density at radius 2 is 2.00 bits per heavy atom. The summed E-state index contributed by atoms with van der Waals surface area (Å²) in [7, 11) is -2.10. The summed E-state index contributed by atoms with van der Waals surface area (Å²) in [6.07, 6.45) is 3.10. The lowest BCUT2D eigenvalue weighted by Crippen LogP contribution is -2.27. The SMILES string of the molecule is Cc1cc(N)ccc1S(=O)(=O)N(C)c1cccnc1. The minimum Gasteiger partial charge on any atom is -0.399 e. The molecule has 0 bridgehead atoms. The summed E-state index contributed by atoms with van der Waals surface area (Å²) in [6, 6.07) is 8.13. The largest absolute Gasteiger partial charge is 0.399 e. The molecule has 19 heavy (non-hydrogen) atoms. The van der Waals surface area contributed by atoms with Crippen molar-refractivity contribution in [3.63, 3.8) is 0 Å².